The van der Waals surface area contributed by atoms with Crippen LogP contribution in [0.15, 0.2) is 48.7 Å². The van der Waals surface area contributed by atoms with Gasteiger partial charge >= 0.3 is 0 Å². The summed E-state index contributed by atoms with van der Waals surface area (Å²) >= 11 is 12.1. The van der Waals surface area contributed by atoms with Gasteiger partial charge in [0.2, 0.25) is 0 Å². The van der Waals surface area contributed by atoms with Gasteiger partial charge in [-0.15, -0.1) is 0 Å². The number of aromatic nitrogens is 3. The molecule has 6 heteroatoms. The van der Waals surface area contributed by atoms with Crippen LogP contribution in [0.25, 0.3) is 17.1 Å². The number of anilines is 1. The van der Waals surface area contributed by atoms with E-state index in [1.54, 1.807) is 16.9 Å². The molecule has 0 saturated carbocycles. The van der Waals surface area contributed by atoms with Gasteiger partial charge in [0, 0.05) is 0 Å². The Bertz CT molecular complexity index is 753. The molecule has 0 bridgehead atoms. The van der Waals surface area contributed by atoms with Crippen LogP contribution in [-0.4, -0.2) is 14.8 Å². The molecule has 3 rings (SSSR count). The average Bonchev–Trinajstić information content (AvgIpc) is 2.93. The van der Waals surface area contributed by atoms with Crippen LogP contribution in [0, 0.1) is 0 Å². The van der Waals surface area contributed by atoms with E-state index in [0.717, 1.165) is 11.4 Å². The smallest absolute Gasteiger partial charge is 0.143 e. The summed E-state index contributed by atoms with van der Waals surface area (Å²) in [5.41, 5.74) is 7.97. The first-order valence-corrected chi connectivity index (χ1v) is 6.64. The molecule has 0 radical (unpaired) electrons. The van der Waals surface area contributed by atoms with Gasteiger partial charge in [0.15, 0.2) is 0 Å². The highest BCUT2D eigenvalue weighted by atomic mass is 35.5. The highest BCUT2D eigenvalue weighted by Crippen LogP contribution is 2.31. The largest absolute Gasteiger partial charge is 0.382 e. The zero-order valence-corrected chi connectivity index (χ0v) is 11.8. The van der Waals surface area contributed by atoms with Crippen molar-refractivity contribution in [2.75, 3.05) is 5.73 Å². The molecule has 2 aromatic heterocycles. The van der Waals surface area contributed by atoms with Crippen LogP contribution in [-0.2, 0) is 0 Å². The van der Waals surface area contributed by atoms with Gasteiger partial charge in [-0.25, -0.2) is 9.67 Å². The van der Waals surface area contributed by atoms with Gasteiger partial charge in [0.1, 0.15) is 11.5 Å². The standard InChI is InChI=1S/C14H10Cl2N4/c15-10-8-11(16)14(17)19-13(10)12-6-7-18-20(12)9-4-2-1-3-5-9/h1-8H,(H2,17,19). The topological polar surface area (TPSA) is 56.7 Å². The maximum Gasteiger partial charge on any atom is 0.143 e. The van der Waals surface area contributed by atoms with Crippen molar-refractivity contribution < 1.29 is 0 Å². The van der Waals surface area contributed by atoms with E-state index in [1.165, 1.54) is 0 Å². The number of benzene rings is 1. The van der Waals surface area contributed by atoms with Crippen LogP contribution in [0.1, 0.15) is 0 Å². The molecule has 0 saturated heterocycles. The highest BCUT2D eigenvalue weighted by Gasteiger charge is 2.14. The van der Waals surface area contributed by atoms with Gasteiger partial charge in [-0.2, -0.15) is 5.10 Å². The lowest BCUT2D eigenvalue weighted by atomic mass is 10.2. The summed E-state index contributed by atoms with van der Waals surface area (Å²) < 4.78 is 1.75. The minimum Gasteiger partial charge on any atom is -0.382 e. The Hall–Kier alpha value is -2.04. The molecular weight excluding hydrogens is 295 g/mol. The number of hydrogen-bond acceptors (Lipinski definition) is 3. The fourth-order valence-electron chi connectivity index (χ4n) is 1.92. The summed E-state index contributed by atoms with van der Waals surface area (Å²) in [4.78, 5) is 4.25. The summed E-state index contributed by atoms with van der Waals surface area (Å²) in [5.74, 6) is 0.242. The number of nitrogen functional groups attached to an aromatic ring is 1. The van der Waals surface area contributed by atoms with E-state index in [0.29, 0.717) is 15.7 Å². The lowest BCUT2D eigenvalue weighted by Crippen LogP contribution is -2.01. The molecule has 0 aliphatic heterocycles. The minimum atomic E-state index is 0.242. The second kappa shape index (κ2) is 5.15. The Kier molecular flexibility index (Phi) is 3.34. The third kappa shape index (κ3) is 2.24. The molecule has 0 spiro atoms. The molecule has 3 aromatic rings. The summed E-state index contributed by atoms with van der Waals surface area (Å²) in [7, 11) is 0. The number of pyridine rings is 1. The Morgan fingerprint density at radius 3 is 2.50 bits per heavy atom. The maximum absolute atomic E-state index is 6.21. The van der Waals surface area contributed by atoms with Gasteiger partial charge in [0.05, 0.1) is 27.6 Å². The van der Waals surface area contributed by atoms with Crippen LogP contribution >= 0.6 is 23.2 Å². The Morgan fingerprint density at radius 2 is 1.75 bits per heavy atom. The van der Waals surface area contributed by atoms with Crippen molar-refractivity contribution in [1.29, 1.82) is 0 Å². The van der Waals surface area contributed by atoms with Crippen molar-refractivity contribution in [1.82, 2.24) is 14.8 Å². The highest BCUT2D eigenvalue weighted by molar-refractivity contribution is 6.37. The number of nitrogens with two attached hydrogens (primary N) is 1. The van der Waals surface area contributed by atoms with Crippen molar-refractivity contribution in [3.63, 3.8) is 0 Å². The quantitative estimate of drug-likeness (QED) is 0.783. The number of halogens is 2. The summed E-state index contributed by atoms with van der Waals surface area (Å²) in [6.07, 6.45) is 1.69. The Labute approximate surface area is 125 Å². The van der Waals surface area contributed by atoms with Crippen molar-refractivity contribution in [3.05, 3.63) is 58.7 Å². The predicted molar refractivity (Wildman–Crippen MR) is 81.2 cm³/mol. The number of nitrogens with zero attached hydrogens (tertiary/aromatic N) is 3. The van der Waals surface area contributed by atoms with E-state index in [2.05, 4.69) is 10.1 Å². The molecule has 0 fully saturated rings. The van der Waals surface area contributed by atoms with Gasteiger partial charge in [-0.1, -0.05) is 41.4 Å². The molecule has 1 aromatic carbocycles. The third-order valence-corrected chi connectivity index (χ3v) is 3.43. The van der Waals surface area contributed by atoms with E-state index in [4.69, 9.17) is 28.9 Å². The number of para-hydroxylation sites is 1. The van der Waals surface area contributed by atoms with Crippen LogP contribution in [0.4, 0.5) is 5.82 Å². The predicted octanol–water partition coefficient (Wildman–Crippen LogP) is 3.82. The average molecular weight is 305 g/mol. The van der Waals surface area contributed by atoms with E-state index >= 15 is 0 Å². The van der Waals surface area contributed by atoms with Crippen LogP contribution < -0.4 is 5.73 Å². The van der Waals surface area contributed by atoms with E-state index in [-0.39, 0.29) is 5.82 Å². The zero-order chi connectivity index (χ0) is 14.1. The van der Waals surface area contributed by atoms with Gasteiger partial charge in [-0.3, -0.25) is 0 Å². The van der Waals surface area contributed by atoms with Gasteiger partial charge in [0.25, 0.3) is 0 Å². The van der Waals surface area contributed by atoms with E-state index in [9.17, 15) is 0 Å². The van der Waals surface area contributed by atoms with Crippen LogP contribution in [0.3, 0.4) is 0 Å². The molecular formula is C14H10Cl2N4. The van der Waals surface area contributed by atoms with Crippen LogP contribution in [0.2, 0.25) is 10.0 Å². The number of rotatable bonds is 2. The molecule has 0 atom stereocenters. The lowest BCUT2D eigenvalue weighted by Gasteiger charge is -2.09. The second-order valence-electron chi connectivity index (χ2n) is 4.15. The summed E-state index contributed by atoms with van der Waals surface area (Å²) in [5, 5.41) is 5.07. The second-order valence-corrected chi connectivity index (χ2v) is 4.96. The monoisotopic (exact) mass is 304 g/mol. The van der Waals surface area contributed by atoms with E-state index < -0.39 is 0 Å². The zero-order valence-electron chi connectivity index (χ0n) is 10.3. The van der Waals surface area contributed by atoms with Crippen molar-refractivity contribution in [3.8, 4) is 17.1 Å². The Balaban J connectivity index is 2.18. The first kappa shape index (κ1) is 13.0. The SMILES string of the molecule is Nc1nc(-c2ccnn2-c2ccccc2)c(Cl)cc1Cl. The minimum absolute atomic E-state index is 0.242. The molecule has 20 heavy (non-hydrogen) atoms. The van der Waals surface area contributed by atoms with Gasteiger partial charge < -0.3 is 5.73 Å². The molecule has 0 unspecified atom stereocenters. The van der Waals surface area contributed by atoms with Gasteiger partial charge in [-0.05, 0) is 24.3 Å². The molecule has 4 nitrogen and oxygen atoms in total. The first-order valence-electron chi connectivity index (χ1n) is 5.88. The molecule has 100 valence electrons. The van der Waals surface area contributed by atoms with Crippen molar-refractivity contribution >= 4 is 29.0 Å². The molecule has 0 amide bonds. The summed E-state index contributed by atoms with van der Waals surface area (Å²) in [6.45, 7) is 0. The Morgan fingerprint density at radius 1 is 1.00 bits per heavy atom. The fraction of sp³-hybridized carbons (Fsp3) is 0. The maximum atomic E-state index is 6.21. The summed E-state index contributed by atoms with van der Waals surface area (Å²) in [6, 6.07) is 13.1. The third-order valence-electron chi connectivity index (χ3n) is 2.84. The lowest BCUT2D eigenvalue weighted by molar-refractivity contribution is 0.884. The normalized spacial score (nSPS) is 10.7. The number of hydrogen-bond donors (Lipinski definition) is 1. The van der Waals surface area contributed by atoms with Crippen molar-refractivity contribution in [2.45, 2.75) is 0 Å². The van der Waals surface area contributed by atoms with Crippen LogP contribution in [0.5, 0.6) is 0 Å². The molecule has 0 aliphatic rings. The fourth-order valence-corrected chi connectivity index (χ4v) is 2.37. The first-order chi connectivity index (χ1) is 9.66. The molecule has 2 heterocycles. The van der Waals surface area contributed by atoms with Crippen molar-refractivity contribution in [2.24, 2.45) is 0 Å². The molecule has 0 aliphatic carbocycles. The molecule has 2 N–H and O–H groups in total. The van der Waals surface area contributed by atoms with E-state index in [1.807, 2.05) is 36.4 Å².